The van der Waals surface area contributed by atoms with Gasteiger partial charge in [0.2, 0.25) is 0 Å². The van der Waals surface area contributed by atoms with Gasteiger partial charge in [-0.2, -0.15) is 0 Å². The van der Waals surface area contributed by atoms with E-state index in [4.69, 9.17) is 0 Å². The second-order valence-corrected chi connectivity index (χ2v) is 8.12. The van der Waals surface area contributed by atoms with Gasteiger partial charge in [-0.05, 0) is 29.7 Å². The Morgan fingerprint density at radius 2 is 1.74 bits per heavy atom. The number of carbonyl (C=O) groups excluding carboxylic acids is 1. The second kappa shape index (κ2) is 6.16. The van der Waals surface area contributed by atoms with Crippen LogP contribution in [0.5, 0.6) is 0 Å². The zero-order valence-corrected chi connectivity index (χ0v) is 13.8. The van der Waals surface area contributed by atoms with Gasteiger partial charge in [0, 0.05) is 18.4 Å². The van der Waals surface area contributed by atoms with E-state index in [9.17, 15) is 13.2 Å². The fourth-order valence-corrected chi connectivity index (χ4v) is 3.66. The van der Waals surface area contributed by atoms with Gasteiger partial charge >= 0.3 is 0 Å². The predicted molar refractivity (Wildman–Crippen MR) is 89.8 cm³/mol. The Labute approximate surface area is 136 Å². The largest absolute Gasteiger partial charge is 0.331 e. The van der Waals surface area contributed by atoms with Crippen molar-refractivity contribution in [3.63, 3.8) is 0 Å². The first-order chi connectivity index (χ1) is 10.9. The van der Waals surface area contributed by atoms with Gasteiger partial charge < -0.3 is 4.90 Å². The Hall–Kier alpha value is -2.14. The fourth-order valence-electron chi connectivity index (χ4n) is 2.86. The molecule has 0 saturated carbocycles. The fraction of sp³-hybridized carbons (Fsp3) is 0.278. The maximum atomic E-state index is 12.6. The SMILES string of the molecule is CS(=O)(=O)Cc1ccc(C(=O)N2CC[C@H]2c2ccccc2)cc1. The number of nitrogens with zero attached hydrogens (tertiary/aromatic N) is 1. The first kappa shape index (κ1) is 15.7. The van der Waals surface area contributed by atoms with Crippen molar-refractivity contribution in [1.82, 2.24) is 4.90 Å². The van der Waals surface area contributed by atoms with Crippen LogP contribution >= 0.6 is 0 Å². The second-order valence-electron chi connectivity index (χ2n) is 5.98. The zero-order valence-electron chi connectivity index (χ0n) is 13.0. The summed E-state index contributed by atoms with van der Waals surface area (Å²) in [5.41, 5.74) is 2.45. The molecular formula is C18H19NO3S. The molecule has 120 valence electrons. The third-order valence-corrected chi connectivity index (χ3v) is 4.95. The first-order valence-corrected chi connectivity index (χ1v) is 9.63. The minimum atomic E-state index is -3.06. The Morgan fingerprint density at radius 3 is 2.26 bits per heavy atom. The van der Waals surface area contributed by atoms with Crippen molar-refractivity contribution in [2.75, 3.05) is 12.8 Å². The predicted octanol–water partition coefficient (Wildman–Crippen LogP) is 2.82. The third kappa shape index (κ3) is 3.62. The molecule has 0 radical (unpaired) electrons. The lowest BCUT2D eigenvalue weighted by molar-refractivity contribution is 0.0460. The summed E-state index contributed by atoms with van der Waals surface area (Å²) in [4.78, 5) is 14.5. The molecule has 2 aromatic rings. The van der Waals surface area contributed by atoms with Crippen LogP contribution in [0, 0.1) is 0 Å². The Balaban J connectivity index is 1.73. The van der Waals surface area contributed by atoms with Gasteiger partial charge in [0.1, 0.15) is 0 Å². The summed E-state index contributed by atoms with van der Waals surface area (Å²) in [6.07, 6.45) is 2.18. The van der Waals surface area contributed by atoms with Gasteiger partial charge in [0.15, 0.2) is 9.84 Å². The maximum absolute atomic E-state index is 12.6. The number of likely N-dealkylation sites (tertiary alicyclic amines) is 1. The molecule has 1 atom stereocenters. The summed E-state index contributed by atoms with van der Waals surface area (Å²) < 4.78 is 22.6. The highest BCUT2D eigenvalue weighted by molar-refractivity contribution is 7.89. The molecule has 1 aliphatic rings. The molecule has 0 aliphatic carbocycles. The molecule has 1 aliphatic heterocycles. The van der Waals surface area contributed by atoms with Crippen LogP contribution in [0.2, 0.25) is 0 Å². The van der Waals surface area contributed by atoms with Crippen LogP contribution in [-0.4, -0.2) is 32.0 Å². The van der Waals surface area contributed by atoms with Gasteiger partial charge in [0.05, 0.1) is 11.8 Å². The van der Waals surface area contributed by atoms with Crippen molar-refractivity contribution in [2.45, 2.75) is 18.2 Å². The first-order valence-electron chi connectivity index (χ1n) is 7.56. The van der Waals surface area contributed by atoms with Gasteiger partial charge in [-0.25, -0.2) is 8.42 Å². The molecule has 1 amide bonds. The normalized spacial score (nSPS) is 17.6. The molecule has 5 heteroatoms. The Kier molecular flexibility index (Phi) is 4.22. The molecule has 0 unspecified atom stereocenters. The molecule has 23 heavy (non-hydrogen) atoms. The molecule has 1 heterocycles. The van der Waals surface area contributed by atoms with E-state index < -0.39 is 9.84 Å². The number of amides is 1. The number of hydrogen-bond donors (Lipinski definition) is 0. The van der Waals surface area contributed by atoms with E-state index >= 15 is 0 Å². The van der Waals surface area contributed by atoms with Crippen molar-refractivity contribution >= 4 is 15.7 Å². The average Bonchev–Trinajstić information content (AvgIpc) is 2.46. The third-order valence-electron chi connectivity index (χ3n) is 4.09. The topological polar surface area (TPSA) is 54.5 Å². The lowest BCUT2D eigenvalue weighted by Gasteiger charge is -2.41. The zero-order chi connectivity index (χ0) is 16.4. The van der Waals surface area contributed by atoms with Crippen molar-refractivity contribution in [2.24, 2.45) is 0 Å². The number of hydrogen-bond acceptors (Lipinski definition) is 3. The van der Waals surface area contributed by atoms with E-state index in [1.165, 1.54) is 6.26 Å². The summed E-state index contributed by atoms with van der Waals surface area (Å²) in [5.74, 6) is -0.00585. The highest BCUT2D eigenvalue weighted by Gasteiger charge is 2.33. The van der Waals surface area contributed by atoms with Crippen LogP contribution in [-0.2, 0) is 15.6 Å². The summed E-state index contributed by atoms with van der Waals surface area (Å²) in [6.45, 7) is 0.753. The minimum Gasteiger partial charge on any atom is -0.331 e. The van der Waals surface area contributed by atoms with E-state index in [0.29, 0.717) is 11.1 Å². The van der Waals surface area contributed by atoms with E-state index in [2.05, 4.69) is 0 Å². The number of benzene rings is 2. The van der Waals surface area contributed by atoms with Crippen molar-refractivity contribution in [3.8, 4) is 0 Å². The molecule has 2 aromatic carbocycles. The highest BCUT2D eigenvalue weighted by atomic mass is 32.2. The molecule has 0 spiro atoms. The van der Waals surface area contributed by atoms with E-state index in [1.54, 1.807) is 24.3 Å². The van der Waals surface area contributed by atoms with Crippen LogP contribution in [0.3, 0.4) is 0 Å². The number of sulfone groups is 1. The molecule has 1 saturated heterocycles. The van der Waals surface area contributed by atoms with Crippen LogP contribution < -0.4 is 0 Å². The summed E-state index contributed by atoms with van der Waals surface area (Å²) in [5, 5.41) is 0. The number of rotatable bonds is 4. The van der Waals surface area contributed by atoms with E-state index in [-0.39, 0.29) is 17.7 Å². The molecule has 1 fully saturated rings. The Morgan fingerprint density at radius 1 is 1.09 bits per heavy atom. The van der Waals surface area contributed by atoms with Crippen molar-refractivity contribution < 1.29 is 13.2 Å². The highest BCUT2D eigenvalue weighted by Crippen LogP contribution is 2.34. The van der Waals surface area contributed by atoms with Gasteiger partial charge in [-0.1, -0.05) is 42.5 Å². The standard InChI is InChI=1S/C18H19NO3S/c1-23(21,22)13-14-7-9-16(10-8-14)18(20)19-12-11-17(19)15-5-3-2-4-6-15/h2-10,17H,11-13H2,1H3/t17-/m0/s1. The summed E-state index contributed by atoms with van der Waals surface area (Å²) in [7, 11) is -3.06. The Bertz CT molecular complexity index is 798. The molecule has 0 N–H and O–H groups in total. The quantitative estimate of drug-likeness (QED) is 0.867. The summed E-state index contributed by atoms with van der Waals surface area (Å²) >= 11 is 0. The molecule has 0 bridgehead atoms. The monoisotopic (exact) mass is 329 g/mol. The van der Waals surface area contributed by atoms with Crippen LogP contribution in [0.4, 0.5) is 0 Å². The lowest BCUT2D eigenvalue weighted by Crippen LogP contribution is -2.45. The van der Waals surface area contributed by atoms with E-state index in [0.717, 1.165) is 18.5 Å². The molecular weight excluding hydrogens is 310 g/mol. The molecule has 4 nitrogen and oxygen atoms in total. The van der Waals surface area contributed by atoms with Gasteiger partial charge in [-0.15, -0.1) is 0 Å². The lowest BCUT2D eigenvalue weighted by atomic mass is 9.93. The smallest absolute Gasteiger partial charge is 0.254 e. The van der Waals surface area contributed by atoms with E-state index in [1.807, 2.05) is 35.2 Å². The number of carbonyl (C=O) groups is 1. The minimum absolute atomic E-state index is 0.00216. The molecule has 0 aromatic heterocycles. The van der Waals surface area contributed by atoms with Crippen LogP contribution in [0.25, 0.3) is 0 Å². The van der Waals surface area contributed by atoms with Crippen molar-refractivity contribution in [1.29, 1.82) is 0 Å². The van der Waals surface area contributed by atoms with Gasteiger partial charge in [-0.3, -0.25) is 4.79 Å². The molecule has 3 rings (SSSR count). The maximum Gasteiger partial charge on any atom is 0.254 e. The average molecular weight is 329 g/mol. The summed E-state index contributed by atoms with van der Waals surface area (Å²) in [6, 6.07) is 17.0. The van der Waals surface area contributed by atoms with Crippen molar-refractivity contribution in [3.05, 3.63) is 71.3 Å². The van der Waals surface area contributed by atoms with Crippen LogP contribution in [0.1, 0.15) is 33.9 Å². The van der Waals surface area contributed by atoms with Crippen LogP contribution in [0.15, 0.2) is 54.6 Å². The van der Waals surface area contributed by atoms with Gasteiger partial charge in [0.25, 0.3) is 5.91 Å².